The van der Waals surface area contributed by atoms with Crippen molar-refractivity contribution >= 4 is 23.1 Å². The van der Waals surface area contributed by atoms with Crippen LogP contribution in [0.2, 0.25) is 0 Å². The smallest absolute Gasteiger partial charge is 0.255 e. The first-order valence-corrected chi connectivity index (χ1v) is 9.10. The molecule has 3 aromatic rings. The van der Waals surface area contributed by atoms with E-state index in [1.807, 2.05) is 50.2 Å². The van der Waals surface area contributed by atoms with Crippen LogP contribution < -0.4 is 20.1 Å². The van der Waals surface area contributed by atoms with Gasteiger partial charge in [-0.15, -0.1) is 0 Å². The first kappa shape index (κ1) is 17.9. The van der Waals surface area contributed by atoms with Crippen LogP contribution in [0.3, 0.4) is 0 Å². The van der Waals surface area contributed by atoms with Gasteiger partial charge in [-0.3, -0.25) is 4.79 Å². The number of aromatic nitrogens is 1. The van der Waals surface area contributed by atoms with E-state index in [9.17, 15) is 4.79 Å². The van der Waals surface area contributed by atoms with Gasteiger partial charge in [0.15, 0.2) is 11.5 Å². The van der Waals surface area contributed by atoms with Gasteiger partial charge in [-0.05, 0) is 49.7 Å². The zero-order valence-corrected chi connectivity index (χ0v) is 15.8. The van der Waals surface area contributed by atoms with Crippen molar-refractivity contribution in [2.75, 3.05) is 23.8 Å². The average molecular weight is 375 g/mol. The van der Waals surface area contributed by atoms with E-state index in [-0.39, 0.29) is 5.91 Å². The third kappa shape index (κ3) is 3.91. The van der Waals surface area contributed by atoms with Crippen molar-refractivity contribution in [1.82, 2.24) is 4.98 Å². The topological polar surface area (TPSA) is 72.5 Å². The number of carbonyl (C=O) groups is 1. The van der Waals surface area contributed by atoms with Gasteiger partial charge in [-0.25, -0.2) is 4.98 Å². The minimum absolute atomic E-state index is 0.181. The number of hydrogen-bond donors (Lipinski definition) is 2. The lowest BCUT2D eigenvalue weighted by molar-refractivity contribution is 0.102. The van der Waals surface area contributed by atoms with E-state index in [1.165, 1.54) is 0 Å². The number of pyridine rings is 1. The van der Waals surface area contributed by atoms with E-state index in [0.717, 1.165) is 28.3 Å². The summed E-state index contributed by atoms with van der Waals surface area (Å²) in [5, 5.41) is 6.16. The molecule has 0 aliphatic carbocycles. The quantitative estimate of drug-likeness (QED) is 0.704. The van der Waals surface area contributed by atoms with Gasteiger partial charge < -0.3 is 20.1 Å². The molecule has 0 fully saturated rings. The molecule has 0 atom stereocenters. The highest BCUT2D eigenvalue weighted by Crippen LogP contribution is 2.33. The third-order valence-corrected chi connectivity index (χ3v) is 4.47. The molecule has 0 bridgehead atoms. The van der Waals surface area contributed by atoms with E-state index in [2.05, 4.69) is 15.6 Å². The molecule has 0 radical (unpaired) electrons. The van der Waals surface area contributed by atoms with E-state index in [0.29, 0.717) is 30.3 Å². The lowest BCUT2D eigenvalue weighted by atomic mass is 10.1. The van der Waals surface area contributed by atoms with E-state index >= 15 is 0 Å². The Morgan fingerprint density at radius 1 is 0.964 bits per heavy atom. The van der Waals surface area contributed by atoms with Crippen molar-refractivity contribution in [3.8, 4) is 11.5 Å². The van der Waals surface area contributed by atoms with E-state index in [1.54, 1.807) is 18.3 Å². The van der Waals surface area contributed by atoms with Crippen molar-refractivity contribution in [2.24, 2.45) is 0 Å². The molecule has 6 heteroatoms. The number of ether oxygens (including phenoxy) is 2. The molecule has 1 aliphatic heterocycles. The monoisotopic (exact) mass is 375 g/mol. The summed E-state index contributed by atoms with van der Waals surface area (Å²) in [7, 11) is 0. The Balaban J connectivity index is 1.50. The second-order valence-corrected chi connectivity index (χ2v) is 6.69. The van der Waals surface area contributed by atoms with E-state index < -0.39 is 0 Å². The summed E-state index contributed by atoms with van der Waals surface area (Å²) in [4.78, 5) is 16.9. The predicted octanol–water partition coefficient (Wildman–Crippen LogP) is 4.47. The Morgan fingerprint density at radius 2 is 1.79 bits per heavy atom. The van der Waals surface area contributed by atoms with Crippen LogP contribution in [-0.2, 0) is 0 Å². The number of amides is 1. The fourth-order valence-electron chi connectivity index (χ4n) is 3.06. The number of anilines is 3. The van der Waals surface area contributed by atoms with Crippen molar-refractivity contribution < 1.29 is 14.3 Å². The number of hydrogen-bond acceptors (Lipinski definition) is 5. The third-order valence-electron chi connectivity index (χ3n) is 4.47. The zero-order valence-electron chi connectivity index (χ0n) is 15.8. The van der Waals surface area contributed by atoms with Crippen LogP contribution in [0.15, 0.2) is 54.7 Å². The molecule has 1 amide bonds. The maximum absolute atomic E-state index is 12.6. The molecule has 2 heterocycles. The summed E-state index contributed by atoms with van der Waals surface area (Å²) in [6, 6.07) is 14.9. The second-order valence-electron chi connectivity index (χ2n) is 6.69. The van der Waals surface area contributed by atoms with Crippen molar-refractivity contribution in [2.45, 2.75) is 13.8 Å². The van der Waals surface area contributed by atoms with E-state index in [4.69, 9.17) is 9.47 Å². The number of aryl methyl sites for hydroxylation is 2. The van der Waals surface area contributed by atoms with Crippen LogP contribution in [0, 0.1) is 13.8 Å². The normalized spacial score (nSPS) is 12.4. The lowest BCUT2D eigenvalue weighted by Gasteiger charge is -2.19. The summed E-state index contributed by atoms with van der Waals surface area (Å²) in [6.07, 6.45) is 1.61. The SMILES string of the molecule is Cc1ccc(NC(=O)c2ccnc(Nc3ccc4c(c3)OCCO4)c2)c(C)c1. The van der Waals surface area contributed by atoms with Crippen molar-refractivity contribution in [1.29, 1.82) is 0 Å². The summed E-state index contributed by atoms with van der Waals surface area (Å²) in [5.41, 5.74) is 4.31. The van der Waals surface area contributed by atoms with Gasteiger partial charge in [0.1, 0.15) is 19.0 Å². The molecule has 1 aliphatic rings. The Hall–Kier alpha value is -3.54. The summed E-state index contributed by atoms with van der Waals surface area (Å²) in [5.74, 6) is 1.82. The minimum Gasteiger partial charge on any atom is -0.486 e. The maximum Gasteiger partial charge on any atom is 0.255 e. The first-order chi connectivity index (χ1) is 13.6. The van der Waals surface area contributed by atoms with Crippen molar-refractivity contribution in [3.63, 3.8) is 0 Å². The fraction of sp³-hybridized carbons (Fsp3) is 0.182. The van der Waals surface area contributed by atoms with Gasteiger partial charge in [0.05, 0.1) is 0 Å². The van der Waals surface area contributed by atoms with Crippen LogP contribution in [0.25, 0.3) is 0 Å². The molecule has 0 saturated heterocycles. The molecule has 0 saturated carbocycles. The minimum atomic E-state index is -0.181. The lowest BCUT2D eigenvalue weighted by Crippen LogP contribution is -2.15. The summed E-state index contributed by atoms with van der Waals surface area (Å²) < 4.78 is 11.1. The van der Waals surface area contributed by atoms with Gasteiger partial charge in [0.25, 0.3) is 5.91 Å². The molecule has 0 unspecified atom stereocenters. The molecule has 6 nitrogen and oxygen atoms in total. The Morgan fingerprint density at radius 3 is 2.61 bits per heavy atom. The van der Waals surface area contributed by atoms with Gasteiger partial charge in [0.2, 0.25) is 0 Å². The van der Waals surface area contributed by atoms with Crippen molar-refractivity contribution in [3.05, 3.63) is 71.4 Å². The summed E-state index contributed by atoms with van der Waals surface area (Å²) >= 11 is 0. The highest BCUT2D eigenvalue weighted by Gasteiger charge is 2.13. The number of fused-ring (bicyclic) bond motifs is 1. The number of carbonyl (C=O) groups excluding carboxylic acids is 1. The number of benzene rings is 2. The van der Waals surface area contributed by atoms with Gasteiger partial charge in [0, 0.05) is 29.2 Å². The fourth-order valence-corrected chi connectivity index (χ4v) is 3.06. The first-order valence-electron chi connectivity index (χ1n) is 9.10. The second kappa shape index (κ2) is 7.60. The average Bonchev–Trinajstić information content (AvgIpc) is 2.70. The standard InChI is InChI=1S/C22H21N3O3/c1-14-3-5-18(15(2)11-14)25-22(26)16-7-8-23-21(12-16)24-17-4-6-19-20(13-17)28-10-9-27-19/h3-8,11-13H,9-10H2,1-2H3,(H,23,24)(H,25,26). The number of nitrogens with one attached hydrogen (secondary N) is 2. The van der Waals surface area contributed by atoms with Gasteiger partial charge >= 0.3 is 0 Å². The van der Waals surface area contributed by atoms with Gasteiger partial charge in [-0.1, -0.05) is 17.7 Å². The van der Waals surface area contributed by atoms with Gasteiger partial charge in [-0.2, -0.15) is 0 Å². The number of rotatable bonds is 4. The highest BCUT2D eigenvalue weighted by atomic mass is 16.6. The molecule has 0 spiro atoms. The molecule has 2 N–H and O–H groups in total. The largest absolute Gasteiger partial charge is 0.486 e. The molecule has 1 aromatic heterocycles. The highest BCUT2D eigenvalue weighted by molar-refractivity contribution is 6.05. The van der Waals surface area contributed by atoms with Crippen LogP contribution >= 0.6 is 0 Å². The molecular formula is C22H21N3O3. The molecular weight excluding hydrogens is 354 g/mol. The predicted molar refractivity (Wildman–Crippen MR) is 109 cm³/mol. The molecule has 4 rings (SSSR count). The van der Waals surface area contributed by atoms with Crippen LogP contribution in [0.5, 0.6) is 11.5 Å². The Labute approximate surface area is 163 Å². The Kier molecular flexibility index (Phi) is 4.85. The van der Waals surface area contributed by atoms with Crippen LogP contribution in [0.1, 0.15) is 21.5 Å². The number of nitrogens with zero attached hydrogens (tertiary/aromatic N) is 1. The molecule has 28 heavy (non-hydrogen) atoms. The summed E-state index contributed by atoms with van der Waals surface area (Å²) in [6.45, 7) is 5.09. The van der Waals surface area contributed by atoms with Crippen LogP contribution in [-0.4, -0.2) is 24.1 Å². The molecule has 2 aromatic carbocycles. The molecule has 142 valence electrons. The Bertz CT molecular complexity index is 1030. The van der Waals surface area contributed by atoms with Crippen LogP contribution in [0.4, 0.5) is 17.2 Å². The zero-order chi connectivity index (χ0) is 19.5. The maximum atomic E-state index is 12.6.